The Balaban J connectivity index is 2.05. The molecule has 0 saturated carbocycles. The van der Waals surface area contributed by atoms with Crippen LogP contribution in [0, 0.1) is 5.92 Å². The number of aromatic nitrogens is 2. The summed E-state index contributed by atoms with van der Waals surface area (Å²) in [7, 11) is 1.87. The number of hydrogen-bond acceptors (Lipinski definition) is 3. The summed E-state index contributed by atoms with van der Waals surface area (Å²) < 4.78 is 1.75. The van der Waals surface area contributed by atoms with E-state index in [4.69, 9.17) is 0 Å². The molecular weight excluding hydrogens is 218 g/mol. The molecule has 2 rings (SSSR count). The molecule has 1 aliphatic heterocycles. The van der Waals surface area contributed by atoms with Crippen molar-refractivity contribution in [2.24, 2.45) is 13.0 Å². The zero-order valence-electron chi connectivity index (χ0n) is 10.3. The zero-order chi connectivity index (χ0) is 12.4. The molecule has 0 radical (unpaired) electrons. The molecule has 1 saturated heterocycles. The van der Waals surface area contributed by atoms with Crippen molar-refractivity contribution in [3.63, 3.8) is 0 Å². The first-order valence-corrected chi connectivity index (χ1v) is 6.01. The predicted molar refractivity (Wildman–Crippen MR) is 63.4 cm³/mol. The smallest absolute Gasteiger partial charge is 0.320 e. The number of nitrogens with zero attached hydrogens (tertiary/aromatic N) is 3. The quantitative estimate of drug-likeness (QED) is 0.855. The SMILES string of the molecule is CC1CCN(Cc2ccn(C)n2)C(C(=O)O)C1. The van der Waals surface area contributed by atoms with Crippen LogP contribution in [0.2, 0.25) is 0 Å². The summed E-state index contributed by atoms with van der Waals surface area (Å²) in [5.41, 5.74) is 0.938. The summed E-state index contributed by atoms with van der Waals surface area (Å²) in [5.74, 6) is -0.219. The Morgan fingerprint density at radius 1 is 1.65 bits per heavy atom. The minimum absolute atomic E-state index is 0.360. The topological polar surface area (TPSA) is 58.4 Å². The van der Waals surface area contributed by atoms with Crippen molar-refractivity contribution < 1.29 is 9.90 Å². The number of rotatable bonds is 3. The molecule has 1 aliphatic rings. The van der Waals surface area contributed by atoms with E-state index in [-0.39, 0.29) is 6.04 Å². The van der Waals surface area contributed by atoms with Crippen molar-refractivity contribution in [2.75, 3.05) is 6.54 Å². The minimum Gasteiger partial charge on any atom is -0.480 e. The number of carbonyl (C=O) groups is 1. The molecule has 1 fully saturated rings. The van der Waals surface area contributed by atoms with E-state index in [1.54, 1.807) is 4.68 Å². The molecule has 0 aromatic carbocycles. The highest BCUT2D eigenvalue weighted by Gasteiger charge is 2.31. The van der Waals surface area contributed by atoms with Crippen LogP contribution >= 0.6 is 0 Å². The molecule has 94 valence electrons. The van der Waals surface area contributed by atoms with E-state index in [0.29, 0.717) is 12.5 Å². The van der Waals surface area contributed by atoms with Crippen molar-refractivity contribution in [3.05, 3.63) is 18.0 Å². The van der Waals surface area contributed by atoms with Crippen LogP contribution in [-0.4, -0.2) is 38.3 Å². The van der Waals surface area contributed by atoms with E-state index in [1.165, 1.54) is 0 Å². The van der Waals surface area contributed by atoms with Gasteiger partial charge in [0.05, 0.1) is 5.69 Å². The van der Waals surface area contributed by atoms with E-state index in [1.807, 2.05) is 24.2 Å². The van der Waals surface area contributed by atoms with Gasteiger partial charge in [0, 0.05) is 19.8 Å². The molecule has 0 bridgehead atoms. The Labute approximate surface area is 101 Å². The first kappa shape index (κ1) is 12.1. The van der Waals surface area contributed by atoms with Crippen molar-refractivity contribution in [1.82, 2.24) is 14.7 Å². The molecule has 0 aliphatic carbocycles. The maximum absolute atomic E-state index is 11.2. The molecule has 5 heteroatoms. The lowest BCUT2D eigenvalue weighted by Crippen LogP contribution is -2.46. The third kappa shape index (κ3) is 2.85. The maximum Gasteiger partial charge on any atom is 0.320 e. The maximum atomic E-state index is 11.2. The summed E-state index contributed by atoms with van der Waals surface area (Å²) in [6, 6.07) is 1.58. The predicted octanol–water partition coefficient (Wildman–Crippen LogP) is 1.11. The summed E-state index contributed by atoms with van der Waals surface area (Å²) in [4.78, 5) is 13.3. The lowest BCUT2D eigenvalue weighted by molar-refractivity contribution is -0.145. The standard InChI is InChI=1S/C12H19N3O2/c1-9-3-6-15(11(7-9)12(16)17)8-10-4-5-14(2)13-10/h4-5,9,11H,3,6-8H2,1-2H3,(H,16,17). The van der Waals surface area contributed by atoms with Crippen LogP contribution in [0.3, 0.4) is 0 Å². The van der Waals surface area contributed by atoms with Gasteiger partial charge >= 0.3 is 5.97 Å². The molecule has 17 heavy (non-hydrogen) atoms. The highest BCUT2D eigenvalue weighted by molar-refractivity contribution is 5.73. The molecule has 2 unspecified atom stereocenters. The lowest BCUT2D eigenvalue weighted by atomic mass is 9.92. The Morgan fingerprint density at radius 2 is 2.41 bits per heavy atom. The van der Waals surface area contributed by atoms with Gasteiger partial charge in [-0.05, 0) is 31.4 Å². The van der Waals surface area contributed by atoms with Crippen LogP contribution in [0.15, 0.2) is 12.3 Å². The second-order valence-electron chi connectivity index (χ2n) is 4.93. The first-order chi connectivity index (χ1) is 8.06. The second-order valence-corrected chi connectivity index (χ2v) is 4.93. The van der Waals surface area contributed by atoms with Crippen LogP contribution in [-0.2, 0) is 18.4 Å². The normalized spacial score (nSPS) is 26.0. The van der Waals surface area contributed by atoms with Gasteiger partial charge in [0.25, 0.3) is 0 Å². The van der Waals surface area contributed by atoms with Gasteiger partial charge in [-0.1, -0.05) is 6.92 Å². The summed E-state index contributed by atoms with van der Waals surface area (Å²) >= 11 is 0. The lowest BCUT2D eigenvalue weighted by Gasteiger charge is -2.35. The van der Waals surface area contributed by atoms with E-state index in [2.05, 4.69) is 12.0 Å². The third-order valence-electron chi connectivity index (χ3n) is 3.39. The largest absolute Gasteiger partial charge is 0.480 e. The number of hydrogen-bond donors (Lipinski definition) is 1. The number of piperidine rings is 1. The number of aryl methyl sites for hydroxylation is 1. The molecule has 1 N–H and O–H groups in total. The second kappa shape index (κ2) is 4.87. The summed E-state index contributed by atoms with van der Waals surface area (Å²) in [5, 5.41) is 13.5. The molecule has 0 amide bonds. The fraction of sp³-hybridized carbons (Fsp3) is 0.667. The summed E-state index contributed by atoms with van der Waals surface area (Å²) in [6.45, 7) is 3.59. The van der Waals surface area contributed by atoms with Crippen molar-refractivity contribution in [2.45, 2.75) is 32.4 Å². The minimum atomic E-state index is -0.715. The average molecular weight is 237 g/mol. The number of aliphatic carboxylic acids is 1. The Morgan fingerprint density at radius 3 is 3.00 bits per heavy atom. The van der Waals surface area contributed by atoms with E-state index in [9.17, 15) is 9.90 Å². The number of carboxylic acids is 1. The fourth-order valence-corrected chi connectivity index (χ4v) is 2.39. The molecule has 1 aromatic heterocycles. The average Bonchev–Trinajstić information content (AvgIpc) is 2.66. The molecule has 5 nitrogen and oxygen atoms in total. The molecule has 0 spiro atoms. The molecular formula is C12H19N3O2. The van der Waals surface area contributed by atoms with Gasteiger partial charge < -0.3 is 5.11 Å². The molecule has 2 heterocycles. The summed E-state index contributed by atoms with van der Waals surface area (Å²) in [6.07, 6.45) is 3.69. The van der Waals surface area contributed by atoms with Gasteiger partial charge in [-0.15, -0.1) is 0 Å². The molecule has 1 aromatic rings. The van der Waals surface area contributed by atoms with E-state index < -0.39 is 5.97 Å². The van der Waals surface area contributed by atoms with Gasteiger partial charge in [-0.2, -0.15) is 5.10 Å². The van der Waals surface area contributed by atoms with Gasteiger partial charge in [-0.3, -0.25) is 14.4 Å². The molecule has 2 atom stereocenters. The fourth-order valence-electron chi connectivity index (χ4n) is 2.39. The zero-order valence-corrected chi connectivity index (χ0v) is 10.3. The highest BCUT2D eigenvalue weighted by atomic mass is 16.4. The van der Waals surface area contributed by atoms with Crippen LogP contribution in [0.1, 0.15) is 25.5 Å². The first-order valence-electron chi connectivity index (χ1n) is 6.01. The van der Waals surface area contributed by atoms with Gasteiger partial charge in [0.1, 0.15) is 6.04 Å². The Hall–Kier alpha value is -1.36. The Bertz CT molecular complexity index is 402. The van der Waals surface area contributed by atoms with E-state index >= 15 is 0 Å². The Kier molecular flexibility index (Phi) is 3.47. The van der Waals surface area contributed by atoms with Crippen molar-refractivity contribution in [3.8, 4) is 0 Å². The highest BCUT2D eigenvalue weighted by Crippen LogP contribution is 2.23. The number of likely N-dealkylation sites (tertiary alicyclic amines) is 1. The van der Waals surface area contributed by atoms with Gasteiger partial charge in [-0.25, -0.2) is 0 Å². The van der Waals surface area contributed by atoms with E-state index in [0.717, 1.165) is 25.1 Å². The van der Waals surface area contributed by atoms with Crippen molar-refractivity contribution in [1.29, 1.82) is 0 Å². The van der Waals surface area contributed by atoms with Crippen LogP contribution in [0.4, 0.5) is 0 Å². The monoisotopic (exact) mass is 237 g/mol. The van der Waals surface area contributed by atoms with Crippen LogP contribution in [0.25, 0.3) is 0 Å². The van der Waals surface area contributed by atoms with Crippen molar-refractivity contribution >= 4 is 5.97 Å². The van der Waals surface area contributed by atoms with Gasteiger partial charge in [0.15, 0.2) is 0 Å². The van der Waals surface area contributed by atoms with Crippen LogP contribution in [0.5, 0.6) is 0 Å². The third-order valence-corrected chi connectivity index (χ3v) is 3.39. The van der Waals surface area contributed by atoms with Gasteiger partial charge in [0.2, 0.25) is 0 Å². The van der Waals surface area contributed by atoms with Crippen LogP contribution < -0.4 is 0 Å². The number of carboxylic acid groups (broad SMARTS) is 1.